The minimum Gasteiger partial charge on any atom is -0.460 e. The second-order valence-electron chi connectivity index (χ2n) is 5.45. The van der Waals surface area contributed by atoms with Crippen molar-refractivity contribution in [2.75, 3.05) is 0 Å². The first-order valence-electron chi connectivity index (χ1n) is 7.70. The summed E-state index contributed by atoms with van der Waals surface area (Å²) in [6, 6.07) is 9.61. The topological polar surface area (TPSA) is 60.4 Å². The lowest BCUT2D eigenvalue weighted by Crippen LogP contribution is -2.19. The van der Waals surface area contributed by atoms with Gasteiger partial charge in [-0.05, 0) is 24.4 Å². The zero-order valence-electron chi connectivity index (χ0n) is 13.3. The van der Waals surface area contributed by atoms with Crippen LogP contribution in [0.1, 0.15) is 24.1 Å². The standard InChI is InChI=1S/C18H15N3O2S/c1-3-15-14(12-6-4-5-7-16(12)23-15)10-19-21-11(2)20-17-13(18(21)22)8-9-24-17/h4-10H,3H2,1-2H3. The Kier molecular flexibility index (Phi) is 3.54. The van der Waals surface area contributed by atoms with Crippen LogP contribution >= 0.6 is 11.3 Å². The second-order valence-corrected chi connectivity index (χ2v) is 6.34. The average Bonchev–Trinajstić information content (AvgIpc) is 3.19. The van der Waals surface area contributed by atoms with Gasteiger partial charge in [0, 0.05) is 17.4 Å². The predicted octanol–water partition coefficient (Wildman–Crippen LogP) is 3.96. The lowest BCUT2D eigenvalue weighted by Gasteiger charge is -2.02. The van der Waals surface area contributed by atoms with Gasteiger partial charge in [0.2, 0.25) is 0 Å². The summed E-state index contributed by atoms with van der Waals surface area (Å²) >= 11 is 1.46. The molecule has 5 nitrogen and oxygen atoms in total. The molecule has 0 fully saturated rings. The van der Waals surface area contributed by atoms with Crippen LogP contribution in [0.5, 0.6) is 0 Å². The first-order valence-corrected chi connectivity index (χ1v) is 8.58. The second kappa shape index (κ2) is 5.72. The van der Waals surface area contributed by atoms with Gasteiger partial charge in [-0.1, -0.05) is 25.1 Å². The van der Waals surface area contributed by atoms with Crippen molar-refractivity contribution < 1.29 is 4.42 Å². The summed E-state index contributed by atoms with van der Waals surface area (Å²) in [7, 11) is 0. The smallest absolute Gasteiger partial charge is 0.282 e. The Balaban J connectivity index is 1.88. The van der Waals surface area contributed by atoms with Crippen molar-refractivity contribution in [3.63, 3.8) is 0 Å². The van der Waals surface area contributed by atoms with Crippen LogP contribution in [0.2, 0.25) is 0 Å². The molecule has 0 atom stereocenters. The molecule has 120 valence electrons. The van der Waals surface area contributed by atoms with E-state index in [4.69, 9.17) is 4.42 Å². The molecule has 4 aromatic rings. The number of para-hydroxylation sites is 1. The molecule has 0 saturated heterocycles. The molecule has 0 spiro atoms. The number of hydrogen-bond donors (Lipinski definition) is 0. The zero-order chi connectivity index (χ0) is 16.7. The maximum atomic E-state index is 12.6. The molecule has 4 rings (SSSR count). The Morgan fingerprint density at radius 3 is 2.96 bits per heavy atom. The Hall–Kier alpha value is -2.73. The van der Waals surface area contributed by atoms with E-state index in [1.807, 2.05) is 36.6 Å². The number of furan rings is 1. The molecule has 1 aromatic carbocycles. The molecule has 0 aliphatic carbocycles. The van der Waals surface area contributed by atoms with Gasteiger partial charge >= 0.3 is 0 Å². The number of benzene rings is 1. The van der Waals surface area contributed by atoms with Gasteiger partial charge in [-0.3, -0.25) is 4.79 Å². The number of aromatic nitrogens is 2. The third kappa shape index (κ3) is 2.27. The summed E-state index contributed by atoms with van der Waals surface area (Å²) in [5.41, 5.74) is 1.58. The molecule has 24 heavy (non-hydrogen) atoms. The molecule has 3 aromatic heterocycles. The monoisotopic (exact) mass is 337 g/mol. The van der Waals surface area contributed by atoms with Crippen molar-refractivity contribution in [2.24, 2.45) is 5.10 Å². The fourth-order valence-electron chi connectivity index (χ4n) is 2.78. The van der Waals surface area contributed by atoms with Crippen molar-refractivity contribution in [3.05, 3.63) is 63.2 Å². The van der Waals surface area contributed by atoms with E-state index in [0.717, 1.165) is 33.5 Å². The molecule has 0 amide bonds. The van der Waals surface area contributed by atoms with E-state index in [2.05, 4.69) is 10.1 Å². The average molecular weight is 337 g/mol. The number of nitrogens with zero attached hydrogens (tertiary/aromatic N) is 3. The highest BCUT2D eigenvalue weighted by molar-refractivity contribution is 7.16. The van der Waals surface area contributed by atoms with Gasteiger partial charge in [-0.15, -0.1) is 11.3 Å². The van der Waals surface area contributed by atoms with Crippen molar-refractivity contribution in [2.45, 2.75) is 20.3 Å². The SMILES string of the molecule is CCc1oc2ccccc2c1C=Nn1c(C)nc2sccc2c1=O. The largest absolute Gasteiger partial charge is 0.460 e. The Labute approximate surface area is 141 Å². The minimum absolute atomic E-state index is 0.152. The van der Waals surface area contributed by atoms with Gasteiger partial charge in [-0.25, -0.2) is 4.98 Å². The van der Waals surface area contributed by atoms with Crippen LogP contribution in [0.15, 0.2) is 50.0 Å². The molecule has 0 aliphatic heterocycles. The normalized spacial score (nSPS) is 11.9. The first-order chi connectivity index (χ1) is 11.7. The van der Waals surface area contributed by atoms with Crippen molar-refractivity contribution in [1.82, 2.24) is 9.66 Å². The van der Waals surface area contributed by atoms with E-state index in [1.54, 1.807) is 19.2 Å². The Morgan fingerprint density at radius 1 is 1.29 bits per heavy atom. The third-order valence-corrected chi connectivity index (χ3v) is 4.78. The van der Waals surface area contributed by atoms with E-state index in [0.29, 0.717) is 11.2 Å². The molecule has 0 saturated carbocycles. The number of hydrogen-bond acceptors (Lipinski definition) is 5. The van der Waals surface area contributed by atoms with Crippen molar-refractivity contribution in [1.29, 1.82) is 0 Å². The first kappa shape index (κ1) is 14.8. The zero-order valence-corrected chi connectivity index (χ0v) is 14.1. The molecule has 0 unspecified atom stereocenters. The van der Waals surface area contributed by atoms with E-state index < -0.39 is 0 Å². The third-order valence-electron chi connectivity index (χ3n) is 3.97. The fraction of sp³-hybridized carbons (Fsp3) is 0.167. The summed E-state index contributed by atoms with van der Waals surface area (Å²) < 4.78 is 7.21. The molecular formula is C18H15N3O2S. The summed E-state index contributed by atoms with van der Waals surface area (Å²) in [6.07, 6.45) is 2.45. The Bertz CT molecular complexity index is 1130. The van der Waals surface area contributed by atoms with Crippen LogP contribution in [0, 0.1) is 6.92 Å². The number of aryl methyl sites for hydroxylation is 2. The van der Waals surface area contributed by atoms with E-state index in [9.17, 15) is 4.79 Å². The quantitative estimate of drug-likeness (QED) is 0.532. The number of thiophene rings is 1. The Morgan fingerprint density at radius 2 is 2.12 bits per heavy atom. The highest BCUT2D eigenvalue weighted by Crippen LogP contribution is 2.25. The van der Waals surface area contributed by atoms with Gasteiger partial charge in [-0.2, -0.15) is 9.78 Å². The van der Waals surface area contributed by atoms with E-state index in [-0.39, 0.29) is 5.56 Å². The highest BCUT2D eigenvalue weighted by Gasteiger charge is 2.12. The maximum absolute atomic E-state index is 12.6. The molecule has 0 aliphatic rings. The van der Waals surface area contributed by atoms with Crippen LogP contribution in [0.4, 0.5) is 0 Å². The number of fused-ring (bicyclic) bond motifs is 2. The summed E-state index contributed by atoms with van der Waals surface area (Å²) in [6.45, 7) is 3.82. The lowest BCUT2D eigenvalue weighted by atomic mass is 10.1. The van der Waals surface area contributed by atoms with Gasteiger partial charge < -0.3 is 4.42 Å². The van der Waals surface area contributed by atoms with Gasteiger partial charge in [0.1, 0.15) is 22.0 Å². The van der Waals surface area contributed by atoms with Crippen LogP contribution < -0.4 is 5.56 Å². The van der Waals surface area contributed by atoms with Crippen LogP contribution in [0.25, 0.3) is 21.2 Å². The molecule has 6 heteroatoms. The van der Waals surface area contributed by atoms with Gasteiger partial charge in [0.25, 0.3) is 5.56 Å². The van der Waals surface area contributed by atoms with Crippen molar-refractivity contribution in [3.8, 4) is 0 Å². The lowest BCUT2D eigenvalue weighted by molar-refractivity contribution is 0.556. The molecule has 3 heterocycles. The highest BCUT2D eigenvalue weighted by atomic mass is 32.1. The molecular weight excluding hydrogens is 322 g/mol. The molecule has 0 bridgehead atoms. The van der Waals surface area contributed by atoms with Gasteiger partial charge in [0.15, 0.2) is 0 Å². The maximum Gasteiger partial charge on any atom is 0.282 e. The minimum atomic E-state index is -0.152. The van der Waals surface area contributed by atoms with Crippen LogP contribution in [-0.2, 0) is 6.42 Å². The number of rotatable bonds is 3. The van der Waals surface area contributed by atoms with Crippen molar-refractivity contribution >= 4 is 38.7 Å². The summed E-state index contributed by atoms with van der Waals surface area (Å²) in [5.74, 6) is 1.42. The summed E-state index contributed by atoms with van der Waals surface area (Å²) in [4.78, 5) is 17.8. The van der Waals surface area contributed by atoms with Crippen LogP contribution in [0.3, 0.4) is 0 Å². The molecule has 0 radical (unpaired) electrons. The van der Waals surface area contributed by atoms with E-state index in [1.165, 1.54) is 16.0 Å². The summed E-state index contributed by atoms with van der Waals surface area (Å²) in [5, 5.41) is 7.85. The van der Waals surface area contributed by atoms with E-state index >= 15 is 0 Å². The van der Waals surface area contributed by atoms with Gasteiger partial charge in [0.05, 0.1) is 11.6 Å². The fourth-order valence-corrected chi connectivity index (χ4v) is 3.58. The molecule has 0 N–H and O–H groups in total. The van der Waals surface area contributed by atoms with Crippen LogP contribution in [-0.4, -0.2) is 15.9 Å². The predicted molar refractivity (Wildman–Crippen MR) is 97.2 cm³/mol.